The van der Waals surface area contributed by atoms with Crippen LogP contribution in [-0.4, -0.2) is 18.5 Å². The van der Waals surface area contributed by atoms with Gasteiger partial charge in [-0.2, -0.15) is 0 Å². The Labute approximate surface area is 81.1 Å². The Hall–Kier alpha value is -0.720. The summed E-state index contributed by atoms with van der Waals surface area (Å²) < 4.78 is 0. The van der Waals surface area contributed by atoms with Crippen LogP contribution in [0.3, 0.4) is 0 Å². The molecule has 0 aromatic rings. The van der Waals surface area contributed by atoms with Gasteiger partial charge in [-0.25, -0.2) is 0 Å². The van der Waals surface area contributed by atoms with Crippen molar-refractivity contribution in [2.75, 3.05) is 13.6 Å². The first-order valence-electron chi connectivity index (χ1n) is 5.30. The lowest BCUT2D eigenvalue weighted by molar-refractivity contribution is 0.396. The van der Waals surface area contributed by atoms with Gasteiger partial charge in [0.1, 0.15) is 0 Å². The van der Waals surface area contributed by atoms with E-state index in [4.69, 9.17) is 0 Å². The van der Waals surface area contributed by atoms with Crippen LogP contribution < -0.4 is 0 Å². The molecule has 2 aliphatic rings. The number of allylic oxidation sites excluding steroid dienone is 3. The van der Waals surface area contributed by atoms with Crippen molar-refractivity contribution < 1.29 is 0 Å². The molecule has 0 radical (unpaired) electrons. The molecule has 2 rings (SSSR count). The number of hydrogen-bond donors (Lipinski definition) is 0. The van der Waals surface area contributed by atoms with E-state index in [1.165, 1.54) is 25.7 Å². The molecule has 72 valence electrons. The van der Waals surface area contributed by atoms with Gasteiger partial charge in [0.2, 0.25) is 0 Å². The number of rotatable bonds is 0. The van der Waals surface area contributed by atoms with Gasteiger partial charge < -0.3 is 4.90 Å². The third-order valence-electron chi connectivity index (χ3n) is 3.47. The molecule has 1 nitrogen and oxygen atoms in total. The van der Waals surface area contributed by atoms with Crippen LogP contribution in [0.4, 0.5) is 0 Å². The summed E-state index contributed by atoms with van der Waals surface area (Å²) in [6, 6.07) is 0. The Bertz CT molecular complexity index is 283. The Morgan fingerprint density at radius 3 is 2.54 bits per heavy atom. The van der Waals surface area contributed by atoms with Crippen molar-refractivity contribution in [3.05, 3.63) is 22.4 Å². The molecule has 0 atom stereocenters. The minimum Gasteiger partial charge on any atom is -0.374 e. The molecule has 1 heterocycles. The smallest absolute Gasteiger partial charge is 0.0385 e. The summed E-state index contributed by atoms with van der Waals surface area (Å²) in [5.41, 5.74) is 6.41. The van der Waals surface area contributed by atoms with Crippen LogP contribution in [-0.2, 0) is 0 Å². The van der Waals surface area contributed by atoms with Crippen LogP contribution in [0.15, 0.2) is 22.4 Å². The average Bonchev–Trinajstić information content (AvgIpc) is 2.15. The normalized spacial score (nSPS) is 23.8. The van der Waals surface area contributed by atoms with Crippen LogP contribution in [0, 0.1) is 0 Å². The second-order valence-electron chi connectivity index (χ2n) is 4.39. The van der Waals surface area contributed by atoms with E-state index in [1.807, 2.05) is 0 Å². The van der Waals surface area contributed by atoms with E-state index in [9.17, 15) is 0 Å². The molecule has 0 fully saturated rings. The van der Waals surface area contributed by atoms with Crippen molar-refractivity contribution in [1.29, 1.82) is 0 Å². The highest BCUT2D eigenvalue weighted by molar-refractivity contribution is 5.41. The molecule has 0 saturated carbocycles. The van der Waals surface area contributed by atoms with E-state index < -0.39 is 0 Å². The largest absolute Gasteiger partial charge is 0.374 e. The summed E-state index contributed by atoms with van der Waals surface area (Å²) in [6.45, 7) is 5.71. The fourth-order valence-electron chi connectivity index (χ4n) is 2.54. The van der Waals surface area contributed by atoms with Crippen LogP contribution in [0.2, 0.25) is 0 Å². The highest BCUT2D eigenvalue weighted by Gasteiger charge is 2.22. The Morgan fingerprint density at radius 2 is 1.77 bits per heavy atom. The third kappa shape index (κ3) is 1.41. The Morgan fingerprint density at radius 1 is 1.08 bits per heavy atom. The van der Waals surface area contributed by atoms with E-state index in [0.717, 1.165) is 6.54 Å². The summed E-state index contributed by atoms with van der Waals surface area (Å²) in [7, 11) is 2.23. The summed E-state index contributed by atoms with van der Waals surface area (Å²) in [4.78, 5) is 2.44. The van der Waals surface area contributed by atoms with Gasteiger partial charge in [0, 0.05) is 19.3 Å². The first kappa shape index (κ1) is 8.86. The van der Waals surface area contributed by atoms with E-state index in [2.05, 4.69) is 25.8 Å². The zero-order valence-corrected chi connectivity index (χ0v) is 8.98. The highest BCUT2D eigenvalue weighted by atomic mass is 15.1. The first-order chi connectivity index (χ1) is 6.20. The van der Waals surface area contributed by atoms with Gasteiger partial charge in [0.15, 0.2) is 0 Å². The van der Waals surface area contributed by atoms with Crippen LogP contribution in [0.1, 0.15) is 39.5 Å². The zero-order chi connectivity index (χ0) is 9.42. The molecular weight excluding hydrogens is 158 g/mol. The van der Waals surface area contributed by atoms with Gasteiger partial charge in [-0.05, 0) is 50.7 Å². The second-order valence-corrected chi connectivity index (χ2v) is 4.39. The van der Waals surface area contributed by atoms with Gasteiger partial charge in [-0.3, -0.25) is 0 Å². The van der Waals surface area contributed by atoms with Gasteiger partial charge in [-0.15, -0.1) is 0 Å². The monoisotopic (exact) mass is 177 g/mol. The first-order valence-corrected chi connectivity index (χ1v) is 5.30. The lowest BCUT2D eigenvalue weighted by Crippen LogP contribution is -2.27. The predicted molar refractivity (Wildman–Crippen MR) is 56.5 cm³/mol. The topological polar surface area (TPSA) is 3.24 Å². The number of hydrogen-bond acceptors (Lipinski definition) is 1. The SMILES string of the molecule is CC1=C(C)C2=C(CCCC2)N(C)C1. The molecule has 1 aliphatic heterocycles. The number of likely N-dealkylation sites (N-methyl/N-ethyl adjacent to an activating group) is 1. The average molecular weight is 177 g/mol. The summed E-state index contributed by atoms with van der Waals surface area (Å²) >= 11 is 0. The van der Waals surface area contributed by atoms with Crippen molar-refractivity contribution >= 4 is 0 Å². The summed E-state index contributed by atoms with van der Waals surface area (Å²) in [5.74, 6) is 0. The highest BCUT2D eigenvalue weighted by Crippen LogP contribution is 2.35. The van der Waals surface area contributed by atoms with Crippen LogP contribution in [0.5, 0.6) is 0 Å². The minimum absolute atomic E-state index is 1.14. The van der Waals surface area contributed by atoms with Crippen molar-refractivity contribution in [3.63, 3.8) is 0 Å². The van der Waals surface area contributed by atoms with Crippen molar-refractivity contribution in [2.45, 2.75) is 39.5 Å². The lowest BCUT2D eigenvalue weighted by atomic mass is 9.86. The van der Waals surface area contributed by atoms with E-state index in [-0.39, 0.29) is 0 Å². The minimum atomic E-state index is 1.14. The van der Waals surface area contributed by atoms with Crippen LogP contribution in [0.25, 0.3) is 0 Å². The molecule has 0 spiro atoms. The molecule has 0 N–H and O–H groups in total. The maximum absolute atomic E-state index is 2.44. The molecule has 0 aromatic carbocycles. The van der Waals surface area contributed by atoms with Crippen molar-refractivity contribution in [1.82, 2.24) is 4.90 Å². The molecule has 0 amide bonds. The quantitative estimate of drug-likeness (QED) is 0.549. The molecule has 1 aliphatic carbocycles. The summed E-state index contributed by atoms with van der Waals surface area (Å²) in [6.07, 6.45) is 5.38. The molecule has 0 bridgehead atoms. The fourth-order valence-corrected chi connectivity index (χ4v) is 2.54. The molecule has 0 saturated heterocycles. The lowest BCUT2D eigenvalue weighted by Gasteiger charge is -2.35. The third-order valence-corrected chi connectivity index (χ3v) is 3.47. The van der Waals surface area contributed by atoms with Gasteiger partial charge >= 0.3 is 0 Å². The van der Waals surface area contributed by atoms with Gasteiger partial charge in [0.05, 0.1) is 0 Å². The standard InChI is InChI=1S/C12H19N/c1-9-8-13(3)12-7-5-4-6-11(12)10(9)2/h4-8H2,1-3H3. The maximum Gasteiger partial charge on any atom is 0.0385 e. The zero-order valence-electron chi connectivity index (χ0n) is 8.98. The van der Waals surface area contributed by atoms with E-state index in [1.54, 1.807) is 22.4 Å². The van der Waals surface area contributed by atoms with Crippen LogP contribution >= 0.6 is 0 Å². The van der Waals surface area contributed by atoms with Gasteiger partial charge in [-0.1, -0.05) is 5.57 Å². The molecule has 1 heteroatoms. The Kier molecular flexibility index (Phi) is 2.19. The van der Waals surface area contributed by atoms with E-state index >= 15 is 0 Å². The second kappa shape index (κ2) is 3.21. The predicted octanol–water partition coefficient (Wildman–Crippen LogP) is 3.10. The van der Waals surface area contributed by atoms with E-state index in [0.29, 0.717) is 0 Å². The fraction of sp³-hybridized carbons (Fsp3) is 0.667. The molecule has 0 unspecified atom stereocenters. The molecular formula is C12H19N. The molecule has 0 aromatic heterocycles. The van der Waals surface area contributed by atoms with Gasteiger partial charge in [0.25, 0.3) is 0 Å². The number of nitrogens with zero attached hydrogens (tertiary/aromatic N) is 1. The van der Waals surface area contributed by atoms with Crippen molar-refractivity contribution in [3.8, 4) is 0 Å². The van der Waals surface area contributed by atoms with Crippen molar-refractivity contribution in [2.24, 2.45) is 0 Å². The maximum atomic E-state index is 2.44. The Balaban J connectivity index is 2.41. The molecule has 13 heavy (non-hydrogen) atoms. The summed E-state index contributed by atoms with van der Waals surface area (Å²) in [5, 5.41) is 0.